The van der Waals surface area contributed by atoms with Crippen LogP contribution in [0.3, 0.4) is 0 Å². The molecule has 2 atom stereocenters. The molecule has 1 saturated heterocycles. The van der Waals surface area contributed by atoms with Crippen LogP contribution < -0.4 is 15.6 Å². The Labute approximate surface area is 202 Å². The molecular formula is C24H24F4N4O4. The predicted molar refractivity (Wildman–Crippen MR) is 123 cm³/mol. The van der Waals surface area contributed by atoms with Crippen molar-refractivity contribution in [3.63, 3.8) is 0 Å². The molecule has 36 heavy (non-hydrogen) atoms. The lowest BCUT2D eigenvalue weighted by Crippen LogP contribution is -2.44. The summed E-state index contributed by atoms with van der Waals surface area (Å²) in [4.78, 5) is 31.5. The van der Waals surface area contributed by atoms with Crippen molar-refractivity contribution in [1.29, 1.82) is 0 Å². The normalized spacial score (nSPS) is 18.2. The van der Waals surface area contributed by atoms with Crippen LogP contribution >= 0.6 is 0 Å². The second-order valence-electron chi connectivity index (χ2n) is 9.36. The zero-order valence-corrected chi connectivity index (χ0v) is 19.6. The zero-order chi connectivity index (χ0) is 26.5. The molecule has 1 amide bonds. The van der Waals surface area contributed by atoms with E-state index in [2.05, 4.69) is 10.3 Å². The number of halogens is 4. The number of aliphatic hydroxyl groups is 2. The predicted octanol–water partition coefficient (Wildman–Crippen LogP) is 2.40. The number of amides is 1. The van der Waals surface area contributed by atoms with Gasteiger partial charge < -0.3 is 20.4 Å². The van der Waals surface area contributed by atoms with Gasteiger partial charge in [0.05, 0.1) is 17.6 Å². The molecule has 3 aromatic rings. The molecular weight excluding hydrogens is 484 g/mol. The van der Waals surface area contributed by atoms with Gasteiger partial charge in [0.25, 0.3) is 5.91 Å². The van der Waals surface area contributed by atoms with Gasteiger partial charge in [-0.3, -0.25) is 14.2 Å². The SMILES string of the molecule is CCC(C)(C)NC(=O)c1cn(-c2c(F)cc(F)cc2F)c2nc(N3C[C@@H](O)[C@H](O)C3)c(F)cc2c1=O. The molecule has 1 aliphatic rings. The fourth-order valence-corrected chi connectivity index (χ4v) is 3.94. The Kier molecular flexibility index (Phi) is 6.52. The van der Waals surface area contributed by atoms with Crippen molar-refractivity contribution in [3.05, 3.63) is 63.5 Å². The highest BCUT2D eigenvalue weighted by molar-refractivity contribution is 5.97. The third-order valence-electron chi connectivity index (χ3n) is 6.27. The molecule has 3 heterocycles. The van der Waals surface area contributed by atoms with E-state index in [1.54, 1.807) is 20.8 Å². The van der Waals surface area contributed by atoms with E-state index in [-0.39, 0.29) is 13.1 Å². The van der Waals surface area contributed by atoms with Crippen LogP contribution in [-0.4, -0.2) is 56.5 Å². The second kappa shape index (κ2) is 9.17. The molecule has 4 rings (SSSR count). The van der Waals surface area contributed by atoms with Gasteiger partial charge in [-0.25, -0.2) is 22.5 Å². The molecule has 0 saturated carbocycles. The maximum Gasteiger partial charge on any atom is 0.257 e. The van der Waals surface area contributed by atoms with Crippen LogP contribution in [0, 0.1) is 23.3 Å². The number of pyridine rings is 2. The van der Waals surface area contributed by atoms with Crippen LogP contribution in [0.2, 0.25) is 0 Å². The smallest absolute Gasteiger partial charge is 0.257 e. The molecule has 1 fully saturated rings. The topological polar surface area (TPSA) is 108 Å². The molecule has 0 bridgehead atoms. The van der Waals surface area contributed by atoms with Crippen LogP contribution in [0.1, 0.15) is 37.6 Å². The lowest BCUT2D eigenvalue weighted by Gasteiger charge is -2.25. The van der Waals surface area contributed by atoms with E-state index in [0.717, 1.165) is 16.8 Å². The second-order valence-corrected chi connectivity index (χ2v) is 9.36. The van der Waals surface area contributed by atoms with Gasteiger partial charge in [-0.15, -0.1) is 0 Å². The van der Waals surface area contributed by atoms with Crippen molar-refractivity contribution in [3.8, 4) is 5.69 Å². The maximum absolute atomic E-state index is 15.1. The minimum atomic E-state index is -1.35. The first-order valence-electron chi connectivity index (χ1n) is 11.2. The van der Waals surface area contributed by atoms with Gasteiger partial charge in [-0.05, 0) is 26.3 Å². The van der Waals surface area contributed by atoms with Gasteiger partial charge in [0.2, 0.25) is 5.43 Å². The quantitative estimate of drug-likeness (QED) is 0.457. The molecule has 0 spiro atoms. The monoisotopic (exact) mass is 508 g/mol. The standard InChI is InChI=1S/C24H24F4N4O4/c1-4-24(2,3)30-23(36)13-8-32(19-14(26)5-11(25)6-15(19)27)21-12(20(13)35)7-16(28)22(29-21)31-9-17(33)18(34)10-31/h5-8,17-18,33-34H,4,9-10H2,1-3H3,(H,30,36)/t17-,18-/m1/s1. The van der Waals surface area contributed by atoms with Crippen molar-refractivity contribution in [2.75, 3.05) is 18.0 Å². The van der Waals surface area contributed by atoms with Crippen LogP contribution in [0.25, 0.3) is 16.7 Å². The highest BCUT2D eigenvalue weighted by Crippen LogP contribution is 2.28. The van der Waals surface area contributed by atoms with Crippen molar-refractivity contribution in [1.82, 2.24) is 14.9 Å². The van der Waals surface area contributed by atoms with Crippen LogP contribution in [0.15, 0.2) is 29.2 Å². The fraction of sp³-hybridized carbons (Fsp3) is 0.375. The fourth-order valence-electron chi connectivity index (χ4n) is 3.94. The van der Waals surface area contributed by atoms with Gasteiger partial charge in [0.1, 0.15) is 17.1 Å². The molecule has 192 valence electrons. The Morgan fingerprint density at radius 1 is 1.08 bits per heavy atom. The number of benzene rings is 1. The number of nitrogens with zero attached hydrogens (tertiary/aromatic N) is 3. The number of aliphatic hydroxyl groups excluding tert-OH is 2. The number of nitrogens with one attached hydrogen (secondary N) is 1. The highest BCUT2D eigenvalue weighted by atomic mass is 19.1. The maximum atomic E-state index is 15.1. The number of carbonyl (C=O) groups is 1. The highest BCUT2D eigenvalue weighted by Gasteiger charge is 2.33. The molecule has 3 N–H and O–H groups in total. The molecule has 1 aliphatic heterocycles. The Bertz CT molecular complexity index is 1390. The Morgan fingerprint density at radius 2 is 1.67 bits per heavy atom. The van der Waals surface area contributed by atoms with Crippen molar-refractivity contribution in [2.24, 2.45) is 0 Å². The summed E-state index contributed by atoms with van der Waals surface area (Å²) in [6, 6.07) is 1.61. The van der Waals surface area contributed by atoms with Gasteiger partial charge in [-0.1, -0.05) is 6.92 Å². The van der Waals surface area contributed by atoms with E-state index >= 15 is 4.39 Å². The first-order chi connectivity index (χ1) is 16.8. The zero-order valence-electron chi connectivity index (χ0n) is 19.6. The largest absolute Gasteiger partial charge is 0.389 e. The number of hydrogen-bond acceptors (Lipinski definition) is 6. The number of anilines is 1. The molecule has 0 aliphatic carbocycles. The van der Waals surface area contributed by atoms with E-state index in [9.17, 15) is 33.0 Å². The van der Waals surface area contributed by atoms with E-state index in [1.165, 1.54) is 4.90 Å². The Hall–Kier alpha value is -3.51. The lowest BCUT2D eigenvalue weighted by atomic mass is 10.0. The molecule has 12 heteroatoms. The number of rotatable bonds is 5. The van der Waals surface area contributed by atoms with Gasteiger partial charge in [0.15, 0.2) is 28.9 Å². The van der Waals surface area contributed by atoms with Crippen LogP contribution in [0.5, 0.6) is 0 Å². The number of carbonyl (C=O) groups excluding carboxylic acids is 1. The first kappa shape index (κ1) is 25.6. The Balaban J connectivity index is 2.02. The van der Waals surface area contributed by atoms with Crippen molar-refractivity contribution >= 4 is 22.8 Å². The minimum Gasteiger partial charge on any atom is -0.389 e. The van der Waals surface area contributed by atoms with E-state index in [1.807, 2.05) is 0 Å². The molecule has 8 nitrogen and oxygen atoms in total. The summed E-state index contributed by atoms with van der Waals surface area (Å²) >= 11 is 0. The summed E-state index contributed by atoms with van der Waals surface area (Å²) in [5, 5.41) is 21.9. The first-order valence-corrected chi connectivity index (χ1v) is 11.2. The lowest BCUT2D eigenvalue weighted by molar-refractivity contribution is 0.0572. The number of aromatic nitrogens is 2. The summed E-state index contributed by atoms with van der Waals surface area (Å²) in [5.74, 6) is -6.16. The van der Waals surface area contributed by atoms with Crippen molar-refractivity contribution in [2.45, 2.75) is 44.9 Å². The molecule has 2 aromatic heterocycles. The minimum absolute atomic E-state index is 0.188. The summed E-state index contributed by atoms with van der Waals surface area (Å²) in [6.45, 7) is 4.83. The third-order valence-corrected chi connectivity index (χ3v) is 6.27. The number of hydrogen-bond donors (Lipinski definition) is 3. The van der Waals surface area contributed by atoms with Crippen molar-refractivity contribution < 1.29 is 32.6 Å². The number of β-amino-alcohol motifs (C(OH)–C–C–N with tert-alkyl or cyclic N) is 2. The molecule has 1 aromatic carbocycles. The average molecular weight is 508 g/mol. The molecule has 0 unspecified atom stereocenters. The van der Waals surface area contributed by atoms with Gasteiger partial charge >= 0.3 is 0 Å². The van der Waals surface area contributed by atoms with E-state index in [4.69, 9.17) is 0 Å². The van der Waals surface area contributed by atoms with E-state index < -0.39 is 80.5 Å². The van der Waals surface area contributed by atoms with Gasteiger partial charge in [-0.2, -0.15) is 0 Å². The number of fused-ring (bicyclic) bond motifs is 1. The summed E-state index contributed by atoms with van der Waals surface area (Å²) < 4.78 is 59.1. The Morgan fingerprint density at radius 3 is 2.22 bits per heavy atom. The average Bonchev–Trinajstić information content (AvgIpc) is 3.12. The van der Waals surface area contributed by atoms with Gasteiger partial charge in [0, 0.05) is 37.0 Å². The van der Waals surface area contributed by atoms with E-state index in [0.29, 0.717) is 18.6 Å². The van der Waals surface area contributed by atoms with Crippen LogP contribution in [-0.2, 0) is 0 Å². The summed E-state index contributed by atoms with van der Waals surface area (Å²) in [5.41, 5.74) is -3.46. The summed E-state index contributed by atoms with van der Waals surface area (Å²) in [6.07, 6.45) is -1.02. The summed E-state index contributed by atoms with van der Waals surface area (Å²) in [7, 11) is 0. The van der Waals surface area contributed by atoms with Crippen LogP contribution in [0.4, 0.5) is 23.4 Å². The third kappa shape index (κ3) is 4.53. The molecule has 0 radical (unpaired) electrons.